The first-order valence-electron chi connectivity index (χ1n) is 3.13. The third-order valence-electron chi connectivity index (χ3n) is 1.32. The van der Waals surface area contributed by atoms with Gasteiger partial charge >= 0.3 is 5.97 Å². The highest BCUT2D eigenvalue weighted by Gasteiger charge is 2.38. The second kappa shape index (κ2) is 2.98. The molecule has 1 unspecified atom stereocenters. The number of esters is 1. The molecular formula is C6H10O4. The number of epoxide rings is 1. The van der Waals surface area contributed by atoms with Gasteiger partial charge in [0.1, 0.15) is 18.8 Å². The molecule has 1 aliphatic heterocycles. The Balaban J connectivity index is 2.01. The van der Waals surface area contributed by atoms with Gasteiger partial charge in [-0.3, -0.25) is 4.79 Å². The molecule has 1 aliphatic rings. The number of rotatable bonds is 3. The van der Waals surface area contributed by atoms with Crippen LogP contribution < -0.4 is 0 Å². The van der Waals surface area contributed by atoms with E-state index in [9.17, 15) is 4.79 Å². The SMILES string of the molecule is CC(=O)OCC1O[C@H]1CO. The van der Waals surface area contributed by atoms with Crippen LogP contribution in [-0.4, -0.2) is 36.5 Å². The van der Waals surface area contributed by atoms with Gasteiger partial charge in [0.2, 0.25) is 0 Å². The zero-order chi connectivity index (χ0) is 7.56. The van der Waals surface area contributed by atoms with Gasteiger partial charge in [-0.05, 0) is 0 Å². The minimum atomic E-state index is -0.313. The van der Waals surface area contributed by atoms with Gasteiger partial charge in [0.05, 0.1) is 6.61 Å². The van der Waals surface area contributed by atoms with Crippen LogP contribution in [0.4, 0.5) is 0 Å². The molecule has 1 saturated heterocycles. The van der Waals surface area contributed by atoms with Crippen molar-refractivity contribution in [3.8, 4) is 0 Å². The third-order valence-corrected chi connectivity index (χ3v) is 1.32. The molecule has 4 heteroatoms. The van der Waals surface area contributed by atoms with Crippen molar-refractivity contribution in [3.63, 3.8) is 0 Å². The predicted octanol–water partition coefficient (Wildman–Crippen LogP) is -0.691. The zero-order valence-electron chi connectivity index (χ0n) is 5.74. The lowest BCUT2D eigenvalue weighted by Gasteiger charge is -1.95. The Bertz CT molecular complexity index is 134. The minimum Gasteiger partial charge on any atom is -0.463 e. The van der Waals surface area contributed by atoms with Gasteiger partial charge in [-0.2, -0.15) is 0 Å². The maximum atomic E-state index is 10.2. The molecule has 1 fully saturated rings. The maximum absolute atomic E-state index is 10.2. The van der Waals surface area contributed by atoms with Gasteiger partial charge in [-0.25, -0.2) is 0 Å². The van der Waals surface area contributed by atoms with Crippen LogP contribution >= 0.6 is 0 Å². The number of hydrogen-bond acceptors (Lipinski definition) is 4. The van der Waals surface area contributed by atoms with Crippen molar-refractivity contribution in [1.82, 2.24) is 0 Å². The van der Waals surface area contributed by atoms with Gasteiger partial charge in [0, 0.05) is 6.92 Å². The molecule has 1 heterocycles. The topological polar surface area (TPSA) is 59.1 Å². The summed E-state index contributed by atoms with van der Waals surface area (Å²) >= 11 is 0. The number of ether oxygens (including phenoxy) is 2. The summed E-state index contributed by atoms with van der Waals surface area (Å²) in [5.74, 6) is -0.313. The van der Waals surface area contributed by atoms with E-state index < -0.39 is 0 Å². The quantitative estimate of drug-likeness (QED) is 0.423. The van der Waals surface area contributed by atoms with E-state index in [0.717, 1.165) is 0 Å². The Morgan fingerprint density at radius 1 is 1.70 bits per heavy atom. The summed E-state index contributed by atoms with van der Waals surface area (Å²) in [7, 11) is 0. The zero-order valence-corrected chi connectivity index (χ0v) is 5.74. The summed E-state index contributed by atoms with van der Waals surface area (Å²) < 4.78 is 9.51. The molecule has 0 bridgehead atoms. The number of carbonyl (C=O) groups is 1. The molecule has 0 aromatic rings. The first kappa shape index (κ1) is 7.50. The molecule has 0 amide bonds. The molecule has 0 aromatic heterocycles. The van der Waals surface area contributed by atoms with Crippen LogP contribution in [0.5, 0.6) is 0 Å². The Labute approximate surface area is 58.7 Å². The fraction of sp³-hybridized carbons (Fsp3) is 0.833. The van der Waals surface area contributed by atoms with Crippen molar-refractivity contribution < 1.29 is 19.4 Å². The Morgan fingerprint density at radius 3 is 2.80 bits per heavy atom. The summed E-state index contributed by atoms with van der Waals surface area (Å²) in [6.45, 7) is 1.61. The summed E-state index contributed by atoms with van der Waals surface area (Å²) in [5, 5.41) is 8.48. The molecule has 4 nitrogen and oxygen atoms in total. The molecule has 0 aromatic carbocycles. The lowest BCUT2D eigenvalue weighted by atomic mass is 10.3. The van der Waals surface area contributed by atoms with E-state index in [-0.39, 0.29) is 31.4 Å². The van der Waals surface area contributed by atoms with Crippen molar-refractivity contribution in [1.29, 1.82) is 0 Å². The van der Waals surface area contributed by atoms with Crippen LogP contribution in [0.2, 0.25) is 0 Å². The Kier molecular flexibility index (Phi) is 2.24. The highest BCUT2D eigenvalue weighted by Crippen LogP contribution is 2.20. The molecule has 2 atom stereocenters. The Morgan fingerprint density at radius 2 is 2.40 bits per heavy atom. The van der Waals surface area contributed by atoms with Gasteiger partial charge in [0.15, 0.2) is 0 Å². The minimum absolute atomic E-state index is 0.00588. The van der Waals surface area contributed by atoms with E-state index in [1.165, 1.54) is 6.92 Å². The lowest BCUT2D eigenvalue weighted by Crippen LogP contribution is -2.09. The van der Waals surface area contributed by atoms with E-state index in [0.29, 0.717) is 0 Å². The number of hydrogen-bond donors (Lipinski definition) is 1. The largest absolute Gasteiger partial charge is 0.463 e. The molecule has 58 valence electrons. The average Bonchev–Trinajstić information content (AvgIpc) is 2.61. The van der Waals surface area contributed by atoms with Crippen LogP contribution in [0.3, 0.4) is 0 Å². The van der Waals surface area contributed by atoms with Crippen molar-refractivity contribution in [2.45, 2.75) is 19.1 Å². The van der Waals surface area contributed by atoms with Gasteiger partial charge in [-0.15, -0.1) is 0 Å². The van der Waals surface area contributed by atoms with E-state index in [2.05, 4.69) is 4.74 Å². The Hall–Kier alpha value is -0.610. The van der Waals surface area contributed by atoms with Crippen LogP contribution in [0.15, 0.2) is 0 Å². The van der Waals surface area contributed by atoms with E-state index >= 15 is 0 Å². The lowest BCUT2D eigenvalue weighted by molar-refractivity contribution is -0.141. The number of carbonyl (C=O) groups excluding carboxylic acids is 1. The molecular weight excluding hydrogens is 136 g/mol. The molecule has 1 rings (SSSR count). The summed E-state index contributed by atoms with van der Waals surface area (Å²) in [5.41, 5.74) is 0. The molecule has 0 aliphatic carbocycles. The highest BCUT2D eigenvalue weighted by atomic mass is 16.6. The van der Waals surface area contributed by atoms with Crippen molar-refractivity contribution >= 4 is 5.97 Å². The molecule has 10 heavy (non-hydrogen) atoms. The van der Waals surface area contributed by atoms with E-state index in [1.54, 1.807) is 0 Å². The molecule has 0 radical (unpaired) electrons. The maximum Gasteiger partial charge on any atom is 0.302 e. The van der Waals surface area contributed by atoms with Crippen LogP contribution in [-0.2, 0) is 14.3 Å². The normalized spacial score (nSPS) is 29.8. The summed E-state index contributed by atoms with van der Waals surface area (Å²) in [4.78, 5) is 10.2. The van der Waals surface area contributed by atoms with E-state index in [4.69, 9.17) is 9.84 Å². The van der Waals surface area contributed by atoms with Crippen LogP contribution in [0, 0.1) is 0 Å². The van der Waals surface area contributed by atoms with Crippen LogP contribution in [0.1, 0.15) is 6.92 Å². The fourth-order valence-electron chi connectivity index (χ4n) is 0.686. The van der Waals surface area contributed by atoms with Crippen LogP contribution in [0.25, 0.3) is 0 Å². The number of aliphatic hydroxyl groups is 1. The number of aliphatic hydroxyl groups excluding tert-OH is 1. The molecule has 0 spiro atoms. The summed E-state index contributed by atoms with van der Waals surface area (Å²) in [6, 6.07) is 0. The van der Waals surface area contributed by atoms with Gasteiger partial charge in [0.25, 0.3) is 0 Å². The third kappa shape index (κ3) is 1.97. The fourth-order valence-corrected chi connectivity index (χ4v) is 0.686. The monoisotopic (exact) mass is 146 g/mol. The summed E-state index contributed by atoms with van der Waals surface area (Å²) in [6.07, 6.45) is -0.187. The second-order valence-corrected chi connectivity index (χ2v) is 2.20. The second-order valence-electron chi connectivity index (χ2n) is 2.20. The first-order valence-corrected chi connectivity index (χ1v) is 3.13. The predicted molar refractivity (Wildman–Crippen MR) is 32.4 cm³/mol. The van der Waals surface area contributed by atoms with Gasteiger partial charge in [-0.1, -0.05) is 0 Å². The average molecular weight is 146 g/mol. The highest BCUT2D eigenvalue weighted by molar-refractivity contribution is 5.65. The first-order chi connectivity index (χ1) is 4.74. The van der Waals surface area contributed by atoms with Crippen molar-refractivity contribution in [2.75, 3.05) is 13.2 Å². The smallest absolute Gasteiger partial charge is 0.302 e. The molecule has 0 saturated carbocycles. The van der Waals surface area contributed by atoms with Crippen molar-refractivity contribution in [3.05, 3.63) is 0 Å². The van der Waals surface area contributed by atoms with Crippen molar-refractivity contribution in [2.24, 2.45) is 0 Å². The van der Waals surface area contributed by atoms with E-state index in [1.807, 2.05) is 0 Å². The van der Waals surface area contributed by atoms with Gasteiger partial charge < -0.3 is 14.6 Å². The molecule has 1 N–H and O–H groups in total. The standard InChI is InChI=1S/C6H10O4/c1-4(8)9-3-6-5(2-7)10-6/h5-7H,2-3H2,1H3/t5-,6?/m0/s1.